The first kappa shape index (κ1) is 21.3. The molecular formula is C21H29ClN6O. The van der Waals surface area contributed by atoms with Crippen molar-refractivity contribution in [2.75, 3.05) is 26.2 Å². The van der Waals surface area contributed by atoms with Crippen LogP contribution in [0.3, 0.4) is 0 Å². The number of likely N-dealkylation sites (tertiary alicyclic amines) is 1. The van der Waals surface area contributed by atoms with Crippen LogP contribution in [0.2, 0.25) is 5.02 Å². The molecule has 2 N–H and O–H groups in total. The van der Waals surface area contributed by atoms with Crippen molar-refractivity contribution in [2.24, 2.45) is 4.99 Å². The summed E-state index contributed by atoms with van der Waals surface area (Å²) in [6, 6.07) is 7.75. The molecule has 29 heavy (non-hydrogen) atoms. The van der Waals surface area contributed by atoms with Crippen molar-refractivity contribution in [2.45, 2.75) is 39.3 Å². The Balaban J connectivity index is 1.56. The summed E-state index contributed by atoms with van der Waals surface area (Å²) in [4.78, 5) is 11.5. The third-order valence-electron chi connectivity index (χ3n) is 4.71. The second-order valence-electron chi connectivity index (χ2n) is 7.37. The normalized spacial score (nSPS) is 16.0. The Kier molecular flexibility index (Phi) is 7.66. The summed E-state index contributed by atoms with van der Waals surface area (Å²) in [5.74, 6) is 1.79. The Labute approximate surface area is 177 Å². The van der Waals surface area contributed by atoms with Crippen molar-refractivity contribution in [3.05, 3.63) is 47.3 Å². The molecule has 1 aliphatic heterocycles. The van der Waals surface area contributed by atoms with Gasteiger partial charge < -0.3 is 15.2 Å². The van der Waals surface area contributed by atoms with Crippen LogP contribution in [0, 0.1) is 0 Å². The number of hydrogen-bond donors (Lipinski definition) is 2. The number of benzene rings is 1. The van der Waals surface area contributed by atoms with Gasteiger partial charge >= 0.3 is 0 Å². The molecule has 2 heterocycles. The van der Waals surface area contributed by atoms with E-state index in [1.54, 1.807) is 12.1 Å². The number of hydrogen-bond acceptors (Lipinski definition) is 5. The van der Waals surface area contributed by atoms with Gasteiger partial charge in [-0.05, 0) is 51.0 Å². The van der Waals surface area contributed by atoms with E-state index in [1.807, 2.05) is 12.1 Å². The number of nitrogens with one attached hydrogen (secondary N) is 2. The number of rotatable bonds is 7. The molecule has 156 valence electrons. The third-order valence-corrected chi connectivity index (χ3v) is 4.96. The standard InChI is InChI=1S/C21H29ClN6O/c1-4-23-21(25-18-9-11-28(12-10-18)14-15(2)3)24-13-19-26-20(27-29-19)16-5-7-17(22)8-6-16/h5-8,18H,2,4,9-14H2,1,3H3,(H2,23,24,25). The van der Waals surface area contributed by atoms with E-state index in [9.17, 15) is 0 Å². The summed E-state index contributed by atoms with van der Waals surface area (Å²) in [7, 11) is 0. The van der Waals surface area contributed by atoms with Crippen LogP contribution in [0.4, 0.5) is 0 Å². The van der Waals surface area contributed by atoms with E-state index >= 15 is 0 Å². The minimum atomic E-state index is 0.324. The number of guanidine groups is 1. The molecule has 7 nitrogen and oxygen atoms in total. The van der Waals surface area contributed by atoms with Gasteiger partial charge in [0.05, 0.1) is 0 Å². The molecule has 0 bridgehead atoms. The van der Waals surface area contributed by atoms with Crippen LogP contribution in [0.25, 0.3) is 11.4 Å². The maximum absolute atomic E-state index is 5.93. The van der Waals surface area contributed by atoms with E-state index in [-0.39, 0.29) is 0 Å². The largest absolute Gasteiger partial charge is 0.357 e. The minimum Gasteiger partial charge on any atom is -0.357 e. The van der Waals surface area contributed by atoms with E-state index < -0.39 is 0 Å². The zero-order valence-corrected chi connectivity index (χ0v) is 17.9. The smallest absolute Gasteiger partial charge is 0.248 e. The van der Waals surface area contributed by atoms with Gasteiger partial charge in [0.2, 0.25) is 11.7 Å². The maximum Gasteiger partial charge on any atom is 0.248 e. The van der Waals surface area contributed by atoms with Gasteiger partial charge in [-0.25, -0.2) is 4.99 Å². The van der Waals surface area contributed by atoms with Crippen molar-refractivity contribution in [3.8, 4) is 11.4 Å². The van der Waals surface area contributed by atoms with Gasteiger partial charge in [0.25, 0.3) is 0 Å². The fourth-order valence-corrected chi connectivity index (χ4v) is 3.44. The highest BCUT2D eigenvalue weighted by Gasteiger charge is 2.20. The zero-order chi connectivity index (χ0) is 20.6. The molecule has 0 radical (unpaired) electrons. The van der Waals surface area contributed by atoms with Crippen LogP contribution in [0.15, 0.2) is 45.9 Å². The number of aromatic nitrogens is 2. The summed E-state index contributed by atoms with van der Waals surface area (Å²) >= 11 is 5.93. The van der Waals surface area contributed by atoms with Crippen LogP contribution < -0.4 is 10.6 Å². The summed E-state index contributed by atoms with van der Waals surface area (Å²) in [5.41, 5.74) is 2.07. The van der Waals surface area contributed by atoms with Crippen molar-refractivity contribution in [3.63, 3.8) is 0 Å². The molecule has 0 amide bonds. The van der Waals surface area contributed by atoms with Gasteiger partial charge in [-0.3, -0.25) is 4.90 Å². The Morgan fingerprint density at radius 2 is 2.03 bits per heavy atom. The first-order valence-corrected chi connectivity index (χ1v) is 10.4. The van der Waals surface area contributed by atoms with Crippen molar-refractivity contribution in [1.29, 1.82) is 0 Å². The van der Waals surface area contributed by atoms with Crippen LogP contribution in [-0.4, -0.2) is 53.2 Å². The number of aliphatic imine (C=N–C) groups is 1. The minimum absolute atomic E-state index is 0.324. The molecule has 1 saturated heterocycles. The molecule has 0 spiro atoms. The Morgan fingerprint density at radius 3 is 2.69 bits per heavy atom. The predicted molar refractivity (Wildman–Crippen MR) is 117 cm³/mol. The Hall–Kier alpha value is -2.38. The van der Waals surface area contributed by atoms with Crippen LogP contribution >= 0.6 is 11.6 Å². The SMILES string of the molecule is C=C(C)CN1CCC(NC(=NCc2nc(-c3ccc(Cl)cc3)no2)NCC)CC1. The zero-order valence-electron chi connectivity index (χ0n) is 17.1. The van der Waals surface area contributed by atoms with Crippen molar-refractivity contribution >= 4 is 17.6 Å². The van der Waals surface area contributed by atoms with Crippen LogP contribution in [-0.2, 0) is 6.54 Å². The summed E-state index contributed by atoms with van der Waals surface area (Å²) in [6.45, 7) is 12.4. The van der Waals surface area contributed by atoms with E-state index in [1.165, 1.54) is 5.57 Å². The lowest BCUT2D eigenvalue weighted by Gasteiger charge is -2.33. The van der Waals surface area contributed by atoms with Gasteiger partial charge in [-0.1, -0.05) is 28.9 Å². The lowest BCUT2D eigenvalue weighted by atomic mass is 10.0. The average Bonchev–Trinajstić information content (AvgIpc) is 3.17. The lowest BCUT2D eigenvalue weighted by molar-refractivity contribution is 0.221. The highest BCUT2D eigenvalue weighted by Crippen LogP contribution is 2.19. The van der Waals surface area contributed by atoms with Gasteiger partial charge in [0.15, 0.2) is 5.96 Å². The molecule has 1 aliphatic rings. The highest BCUT2D eigenvalue weighted by molar-refractivity contribution is 6.30. The molecule has 2 aromatic rings. The monoisotopic (exact) mass is 416 g/mol. The fraction of sp³-hybridized carbons (Fsp3) is 0.476. The first-order valence-electron chi connectivity index (χ1n) is 10.0. The van der Waals surface area contributed by atoms with Gasteiger partial charge in [-0.2, -0.15) is 4.98 Å². The second kappa shape index (κ2) is 10.4. The summed E-state index contributed by atoms with van der Waals surface area (Å²) in [5, 5.41) is 11.5. The van der Waals surface area contributed by atoms with E-state index in [4.69, 9.17) is 16.1 Å². The quantitative estimate of drug-likeness (QED) is 0.408. The molecular weight excluding hydrogens is 388 g/mol. The molecule has 3 rings (SSSR count). The second-order valence-corrected chi connectivity index (χ2v) is 7.80. The van der Waals surface area contributed by atoms with Crippen molar-refractivity contribution in [1.82, 2.24) is 25.7 Å². The molecule has 0 unspecified atom stereocenters. The molecule has 1 fully saturated rings. The highest BCUT2D eigenvalue weighted by atomic mass is 35.5. The molecule has 0 saturated carbocycles. The fourth-order valence-electron chi connectivity index (χ4n) is 3.31. The number of piperidine rings is 1. The number of halogens is 1. The summed E-state index contributed by atoms with van der Waals surface area (Å²) < 4.78 is 5.35. The molecule has 1 aromatic heterocycles. The predicted octanol–water partition coefficient (Wildman–Crippen LogP) is 3.49. The van der Waals surface area contributed by atoms with Gasteiger partial charge in [-0.15, -0.1) is 0 Å². The lowest BCUT2D eigenvalue weighted by Crippen LogP contribution is -2.48. The Morgan fingerprint density at radius 1 is 1.31 bits per heavy atom. The van der Waals surface area contributed by atoms with E-state index in [0.29, 0.717) is 29.3 Å². The maximum atomic E-state index is 5.93. The molecule has 8 heteroatoms. The van der Waals surface area contributed by atoms with Gasteiger partial charge in [0.1, 0.15) is 6.54 Å². The summed E-state index contributed by atoms with van der Waals surface area (Å²) in [6.07, 6.45) is 2.16. The van der Waals surface area contributed by atoms with E-state index in [0.717, 1.165) is 50.5 Å². The molecule has 0 aliphatic carbocycles. The van der Waals surface area contributed by atoms with Crippen molar-refractivity contribution < 1.29 is 4.52 Å². The number of nitrogens with zero attached hydrogens (tertiary/aromatic N) is 4. The van der Waals surface area contributed by atoms with Gasteiger partial charge in [0, 0.05) is 42.8 Å². The van der Waals surface area contributed by atoms with E-state index in [2.05, 4.69) is 51.1 Å². The Bertz CT molecular complexity index is 824. The average molecular weight is 417 g/mol. The first-order chi connectivity index (χ1) is 14.0. The van der Waals surface area contributed by atoms with Crippen LogP contribution in [0.5, 0.6) is 0 Å². The third kappa shape index (κ3) is 6.58. The molecule has 0 atom stereocenters. The molecule has 1 aromatic carbocycles. The topological polar surface area (TPSA) is 78.6 Å². The van der Waals surface area contributed by atoms with Crippen LogP contribution in [0.1, 0.15) is 32.6 Å².